The summed E-state index contributed by atoms with van der Waals surface area (Å²) in [6, 6.07) is 11.3. The molecule has 8 heteroatoms. The number of aryl methyl sites for hydroxylation is 1. The monoisotopic (exact) mass is 466 g/mol. The molecule has 0 atom stereocenters. The Labute approximate surface area is 195 Å². The first-order valence-electron chi connectivity index (χ1n) is 11.0. The average molecular weight is 467 g/mol. The molecule has 1 N–H and O–H groups in total. The van der Waals surface area contributed by atoms with Gasteiger partial charge in [-0.25, -0.2) is 9.78 Å². The molecular formula is C25H26N2O5S. The Hall–Kier alpha value is -3.39. The first-order chi connectivity index (χ1) is 16.0. The van der Waals surface area contributed by atoms with Gasteiger partial charge in [-0.3, -0.25) is 4.79 Å². The van der Waals surface area contributed by atoms with Crippen LogP contribution < -0.4 is 15.0 Å². The third kappa shape index (κ3) is 4.85. The molecule has 0 bridgehead atoms. The van der Waals surface area contributed by atoms with Crippen molar-refractivity contribution >= 4 is 37.6 Å². The Bertz CT molecular complexity index is 1360. The molecule has 0 radical (unpaired) electrons. The van der Waals surface area contributed by atoms with Crippen molar-refractivity contribution in [1.82, 2.24) is 9.97 Å². The molecule has 172 valence electrons. The maximum absolute atomic E-state index is 12.9. The number of hydrogen-bond donors (Lipinski definition) is 1. The molecule has 7 nitrogen and oxygen atoms in total. The lowest BCUT2D eigenvalue weighted by atomic mass is 10.1. The summed E-state index contributed by atoms with van der Waals surface area (Å²) in [5.41, 5.74) is 1.72. The Morgan fingerprint density at radius 2 is 1.97 bits per heavy atom. The number of aromatic amines is 1. The summed E-state index contributed by atoms with van der Waals surface area (Å²) in [5, 5.41) is 1.52. The van der Waals surface area contributed by atoms with Crippen LogP contribution in [-0.2, 0) is 16.0 Å². The molecule has 2 aromatic heterocycles. The lowest BCUT2D eigenvalue weighted by molar-refractivity contribution is -0.146. The third-order valence-electron chi connectivity index (χ3n) is 5.36. The Balaban J connectivity index is 1.61. The molecule has 0 unspecified atom stereocenters. The van der Waals surface area contributed by atoms with Gasteiger partial charge in [-0.2, -0.15) is 0 Å². The fraction of sp³-hybridized carbons (Fsp3) is 0.320. The van der Waals surface area contributed by atoms with Gasteiger partial charge in [0.2, 0.25) is 0 Å². The second-order valence-corrected chi connectivity index (χ2v) is 8.64. The van der Waals surface area contributed by atoms with E-state index in [1.165, 1.54) is 24.0 Å². The van der Waals surface area contributed by atoms with Gasteiger partial charge in [-0.05, 0) is 42.7 Å². The summed E-state index contributed by atoms with van der Waals surface area (Å²) in [6.07, 6.45) is 2.70. The van der Waals surface area contributed by atoms with Gasteiger partial charge in [0, 0.05) is 15.6 Å². The van der Waals surface area contributed by atoms with Gasteiger partial charge in [0.1, 0.15) is 10.7 Å². The number of benzene rings is 2. The summed E-state index contributed by atoms with van der Waals surface area (Å²) >= 11 is 1.51. The number of unbranched alkanes of at least 4 members (excludes halogenated alkanes) is 1. The quantitative estimate of drug-likeness (QED) is 0.273. The minimum Gasteiger partial charge on any atom is -0.493 e. The van der Waals surface area contributed by atoms with Gasteiger partial charge < -0.3 is 19.2 Å². The van der Waals surface area contributed by atoms with E-state index in [1.54, 1.807) is 18.2 Å². The molecule has 2 heterocycles. The van der Waals surface area contributed by atoms with E-state index in [0.29, 0.717) is 39.7 Å². The molecule has 0 aliphatic heterocycles. The molecule has 0 saturated heterocycles. The maximum Gasteiger partial charge on any atom is 0.344 e. The van der Waals surface area contributed by atoms with Crippen molar-refractivity contribution in [2.24, 2.45) is 0 Å². The van der Waals surface area contributed by atoms with E-state index < -0.39 is 5.97 Å². The Morgan fingerprint density at radius 1 is 1.12 bits per heavy atom. The van der Waals surface area contributed by atoms with E-state index in [1.807, 2.05) is 19.1 Å². The summed E-state index contributed by atoms with van der Waals surface area (Å²) < 4.78 is 17.2. The highest BCUT2D eigenvalue weighted by Gasteiger charge is 2.15. The zero-order valence-corrected chi connectivity index (χ0v) is 19.7. The molecule has 0 spiro atoms. The van der Waals surface area contributed by atoms with Crippen molar-refractivity contribution in [2.75, 3.05) is 20.3 Å². The van der Waals surface area contributed by atoms with Crippen LogP contribution in [0.5, 0.6) is 11.5 Å². The van der Waals surface area contributed by atoms with E-state index in [0.717, 1.165) is 29.3 Å². The number of carbonyl (C=O) groups is 1. The van der Waals surface area contributed by atoms with Gasteiger partial charge in [0.05, 0.1) is 19.1 Å². The number of carbonyl (C=O) groups excluding carboxylic acids is 1. The molecule has 0 aliphatic rings. The van der Waals surface area contributed by atoms with Crippen LogP contribution in [-0.4, -0.2) is 36.3 Å². The number of thiophene rings is 1. The van der Waals surface area contributed by atoms with Crippen molar-refractivity contribution < 1.29 is 19.0 Å². The SMILES string of the molecule is CCCCOC(=O)COc1ccc(-c2nc3sc4cc(CC)ccc4c3c(=O)[nH]2)cc1OC. The molecule has 4 rings (SSSR count). The van der Waals surface area contributed by atoms with Gasteiger partial charge in [0.25, 0.3) is 5.56 Å². The molecule has 0 aliphatic carbocycles. The number of aromatic nitrogens is 2. The van der Waals surface area contributed by atoms with Gasteiger partial charge in [0.15, 0.2) is 18.1 Å². The number of nitrogens with zero attached hydrogens (tertiary/aromatic N) is 1. The zero-order valence-electron chi connectivity index (χ0n) is 18.9. The minimum absolute atomic E-state index is 0.181. The van der Waals surface area contributed by atoms with Crippen LogP contribution in [0.3, 0.4) is 0 Å². The lowest BCUT2D eigenvalue weighted by Crippen LogP contribution is -2.15. The highest BCUT2D eigenvalue weighted by atomic mass is 32.1. The number of methoxy groups -OCH3 is 1. The van der Waals surface area contributed by atoms with E-state index in [-0.39, 0.29) is 12.2 Å². The Morgan fingerprint density at radius 3 is 2.73 bits per heavy atom. The molecular weight excluding hydrogens is 440 g/mol. The molecule has 0 fully saturated rings. The number of H-pyrrole nitrogens is 1. The second kappa shape index (κ2) is 10.0. The summed E-state index contributed by atoms with van der Waals surface area (Å²) in [6.45, 7) is 4.31. The summed E-state index contributed by atoms with van der Waals surface area (Å²) in [4.78, 5) is 33.0. The number of nitrogens with one attached hydrogen (secondary N) is 1. The number of hydrogen-bond acceptors (Lipinski definition) is 7. The molecule has 4 aromatic rings. The van der Waals surface area contributed by atoms with Crippen LogP contribution in [0, 0.1) is 0 Å². The van der Waals surface area contributed by atoms with Crippen LogP contribution >= 0.6 is 11.3 Å². The van der Waals surface area contributed by atoms with Crippen LogP contribution in [0.25, 0.3) is 31.7 Å². The van der Waals surface area contributed by atoms with Crippen molar-refractivity contribution in [3.8, 4) is 22.9 Å². The van der Waals surface area contributed by atoms with Crippen molar-refractivity contribution in [1.29, 1.82) is 0 Å². The number of rotatable bonds is 9. The van der Waals surface area contributed by atoms with E-state index in [2.05, 4.69) is 18.0 Å². The number of esters is 1. The smallest absolute Gasteiger partial charge is 0.344 e. The predicted molar refractivity (Wildman–Crippen MR) is 130 cm³/mol. The number of ether oxygens (including phenoxy) is 3. The van der Waals surface area contributed by atoms with E-state index in [4.69, 9.17) is 19.2 Å². The standard InChI is InChI=1S/C25H26N2O5S/c1-4-6-11-31-21(28)14-32-18-10-8-16(13-19(18)30-3)23-26-24(29)22-17-9-7-15(5-2)12-20(17)33-25(22)27-23/h7-10,12-13H,4-6,11,14H2,1-3H3,(H,26,27,29). The maximum atomic E-state index is 12.9. The first-order valence-corrected chi connectivity index (χ1v) is 11.8. The van der Waals surface area contributed by atoms with Crippen molar-refractivity contribution in [2.45, 2.75) is 33.1 Å². The number of fused-ring (bicyclic) bond motifs is 3. The molecule has 2 aromatic carbocycles. The molecule has 33 heavy (non-hydrogen) atoms. The zero-order chi connectivity index (χ0) is 23.4. The first kappa shape index (κ1) is 22.8. The third-order valence-corrected chi connectivity index (χ3v) is 6.41. The van der Waals surface area contributed by atoms with Crippen LogP contribution in [0.2, 0.25) is 0 Å². The fourth-order valence-electron chi connectivity index (χ4n) is 3.53. The van der Waals surface area contributed by atoms with Crippen LogP contribution in [0.1, 0.15) is 32.3 Å². The highest BCUT2D eigenvalue weighted by Crippen LogP contribution is 2.34. The van der Waals surface area contributed by atoms with Crippen LogP contribution in [0.4, 0.5) is 0 Å². The van der Waals surface area contributed by atoms with Gasteiger partial charge in [-0.15, -0.1) is 11.3 Å². The highest BCUT2D eigenvalue weighted by molar-refractivity contribution is 7.25. The van der Waals surface area contributed by atoms with Crippen molar-refractivity contribution in [3.63, 3.8) is 0 Å². The van der Waals surface area contributed by atoms with E-state index in [9.17, 15) is 9.59 Å². The van der Waals surface area contributed by atoms with Gasteiger partial charge >= 0.3 is 5.97 Å². The average Bonchev–Trinajstić information content (AvgIpc) is 3.20. The van der Waals surface area contributed by atoms with Crippen molar-refractivity contribution in [3.05, 3.63) is 52.3 Å². The van der Waals surface area contributed by atoms with Crippen LogP contribution in [0.15, 0.2) is 41.2 Å². The second-order valence-electron chi connectivity index (χ2n) is 7.61. The fourth-order valence-corrected chi connectivity index (χ4v) is 4.67. The summed E-state index contributed by atoms with van der Waals surface area (Å²) in [5.74, 6) is 0.854. The lowest BCUT2D eigenvalue weighted by Gasteiger charge is -2.12. The normalized spacial score (nSPS) is 11.1. The largest absolute Gasteiger partial charge is 0.493 e. The summed E-state index contributed by atoms with van der Waals surface area (Å²) in [7, 11) is 1.52. The minimum atomic E-state index is -0.429. The molecule has 0 amide bonds. The topological polar surface area (TPSA) is 90.5 Å². The Kier molecular flexibility index (Phi) is 6.93. The van der Waals surface area contributed by atoms with Gasteiger partial charge in [-0.1, -0.05) is 32.4 Å². The molecule has 0 saturated carbocycles. The predicted octanol–water partition coefficient (Wildman–Crippen LogP) is 5.10. The van der Waals surface area contributed by atoms with E-state index >= 15 is 0 Å².